The number of likely N-dealkylation sites (tertiary alicyclic amines) is 1. The molecule has 1 saturated heterocycles. The van der Waals surface area contributed by atoms with Crippen molar-refractivity contribution < 1.29 is 14.4 Å². The molecule has 1 aromatic heterocycles. The van der Waals surface area contributed by atoms with Gasteiger partial charge in [-0.15, -0.1) is 11.3 Å². The standard InChI is InChI=1S/C16H17N3O3S/c1-18(10-13-17-11-4-2-3-5-12(11)23-13)14(20)8-9-19-15(21)6-7-16(19)22/h2-5H,6-10H2,1H3. The van der Waals surface area contributed by atoms with Gasteiger partial charge in [-0.05, 0) is 12.1 Å². The fraction of sp³-hybridized carbons (Fsp3) is 0.375. The SMILES string of the molecule is CN(Cc1nc2ccccc2s1)C(=O)CCN1C(=O)CCC1=O. The van der Waals surface area contributed by atoms with Crippen molar-refractivity contribution in [2.24, 2.45) is 0 Å². The normalized spacial score (nSPS) is 14.7. The summed E-state index contributed by atoms with van der Waals surface area (Å²) >= 11 is 1.56. The highest BCUT2D eigenvalue weighted by Gasteiger charge is 2.29. The van der Waals surface area contributed by atoms with Crippen LogP contribution in [0.25, 0.3) is 10.2 Å². The number of benzene rings is 1. The molecule has 0 saturated carbocycles. The zero-order chi connectivity index (χ0) is 16.4. The number of imide groups is 1. The van der Waals surface area contributed by atoms with Crippen molar-refractivity contribution in [1.29, 1.82) is 0 Å². The van der Waals surface area contributed by atoms with E-state index in [4.69, 9.17) is 0 Å². The average molecular weight is 331 g/mol. The van der Waals surface area contributed by atoms with Gasteiger partial charge in [0.25, 0.3) is 0 Å². The van der Waals surface area contributed by atoms with E-state index in [0.717, 1.165) is 15.2 Å². The van der Waals surface area contributed by atoms with Gasteiger partial charge in [0, 0.05) is 32.9 Å². The smallest absolute Gasteiger partial charge is 0.229 e. The molecule has 2 aromatic rings. The molecule has 0 radical (unpaired) electrons. The van der Waals surface area contributed by atoms with Gasteiger partial charge in [0.15, 0.2) is 0 Å². The summed E-state index contributed by atoms with van der Waals surface area (Å²) in [6, 6.07) is 7.85. The van der Waals surface area contributed by atoms with Gasteiger partial charge in [0.1, 0.15) is 5.01 Å². The van der Waals surface area contributed by atoms with Crippen LogP contribution in [0, 0.1) is 0 Å². The zero-order valence-corrected chi connectivity index (χ0v) is 13.6. The highest BCUT2D eigenvalue weighted by molar-refractivity contribution is 7.18. The van der Waals surface area contributed by atoms with E-state index in [9.17, 15) is 14.4 Å². The fourth-order valence-electron chi connectivity index (χ4n) is 2.55. The van der Waals surface area contributed by atoms with Crippen LogP contribution in [0.15, 0.2) is 24.3 Å². The Bertz CT molecular complexity index is 722. The van der Waals surface area contributed by atoms with Crippen LogP contribution in [0.5, 0.6) is 0 Å². The summed E-state index contributed by atoms with van der Waals surface area (Å²) in [5.74, 6) is -0.468. The van der Waals surface area contributed by atoms with Crippen LogP contribution in [0.3, 0.4) is 0 Å². The molecule has 1 fully saturated rings. The molecule has 2 heterocycles. The minimum Gasteiger partial charge on any atom is -0.339 e. The van der Waals surface area contributed by atoms with Crippen LogP contribution in [0.2, 0.25) is 0 Å². The molecule has 0 atom stereocenters. The summed E-state index contributed by atoms with van der Waals surface area (Å²) in [7, 11) is 1.71. The molecule has 0 spiro atoms. The Morgan fingerprint density at radius 2 is 1.96 bits per heavy atom. The number of para-hydroxylation sites is 1. The molecular weight excluding hydrogens is 314 g/mol. The summed E-state index contributed by atoms with van der Waals surface area (Å²) in [6.07, 6.45) is 0.669. The second-order valence-corrected chi connectivity index (χ2v) is 6.63. The van der Waals surface area contributed by atoms with Crippen LogP contribution in [0.4, 0.5) is 0 Å². The lowest BCUT2D eigenvalue weighted by Crippen LogP contribution is -2.34. The Hall–Kier alpha value is -2.28. The van der Waals surface area contributed by atoms with Gasteiger partial charge in [-0.1, -0.05) is 12.1 Å². The highest BCUT2D eigenvalue weighted by Crippen LogP contribution is 2.22. The second-order valence-electron chi connectivity index (χ2n) is 5.51. The quantitative estimate of drug-likeness (QED) is 0.783. The number of thiazole rings is 1. The third-order valence-electron chi connectivity index (χ3n) is 3.84. The zero-order valence-electron chi connectivity index (χ0n) is 12.8. The number of rotatable bonds is 5. The monoisotopic (exact) mass is 331 g/mol. The van der Waals surface area contributed by atoms with E-state index in [0.29, 0.717) is 6.54 Å². The lowest BCUT2D eigenvalue weighted by Gasteiger charge is -2.18. The van der Waals surface area contributed by atoms with Gasteiger partial charge in [-0.2, -0.15) is 0 Å². The molecular formula is C16H17N3O3S. The Kier molecular flexibility index (Phi) is 4.38. The summed E-state index contributed by atoms with van der Waals surface area (Å²) in [4.78, 5) is 42.5. The van der Waals surface area contributed by atoms with Crippen LogP contribution in [-0.2, 0) is 20.9 Å². The van der Waals surface area contributed by atoms with Crippen molar-refractivity contribution in [2.75, 3.05) is 13.6 Å². The van der Waals surface area contributed by atoms with Crippen LogP contribution in [0.1, 0.15) is 24.3 Å². The average Bonchev–Trinajstić information content (AvgIpc) is 3.08. The number of carbonyl (C=O) groups excluding carboxylic acids is 3. The maximum atomic E-state index is 12.2. The summed E-state index contributed by atoms with van der Waals surface area (Å²) in [6.45, 7) is 0.598. The molecule has 0 aliphatic carbocycles. The Balaban J connectivity index is 1.57. The molecule has 0 bridgehead atoms. The van der Waals surface area contributed by atoms with Crippen molar-refractivity contribution in [3.63, 3.8) is 0 Å². The molecule has 1 aliphatic rings. The van der Waals surface area contributed by atoms with Gasteiger partial charge in [-0.25, -0.2) is 4.98 Å². The molecule has 7 heteroatoms. The number of carbonyl (C=O) groups is 3. The summed E-state index contributed by atoms with van der Waals surface area (Å²) < 4.78 is 1.09. The van der Waals surface area contributed by atoms with Gasteiger partial charge >= 0.3 is 0 Å². The van der Waals surface area contributed by atoms with Gasteiger partial charge in [-0.3, -0.25) is 19.3 Å². The Morgan fingerprint density at radius 3 is 2.65 bits per heavy atom. The van der Waals surface area contributed by atoms with E-state index in [2.05, 4.69) is 4.98 Å². The molecule has 120 valence electrons. The largest absolute Gasteiger partial charge is 0.339 e. The Morgan fingerprint density at radius 1 is 1.26 bits per heavy atom. The van der Waals surface area contributed by atoms with E-state index in [1.54, 1.807) is 23.3 Å². The number of amides is 3. The van der Waals surface area contributed by atoms with Crippen molar-refractivity contribution in [2.45, 2.75) is 25.8 Å². The molecule has 3 rings (SSSR count). The second kappa shape index (κ2) is 6.45. The van der Waals surface area contributed by atoms with E-state index in [-0.39, 0.29) is 43.5 Å². The predicted molar refractivity (Wildman–Crippen MR) is 86.7 cm³/mol. The number of hydrogen-bond donors (Lipinski definition) is 0. The highest BCUT2D eigenvalue weighted by atomic mass is 32.1. The molecule has 23 heavy (non-hydrogen) atoms. The number of nitrogens with zero attached hydrogens (tertiary/aromatic N) is 3. The first kappa shape index (κ1) is 15.6. The number of fused-ring (bicyclic) bond motifs is 1. The van der Waals surface area contributed by atoms with Gasteiger partial charge < -0.3 is 4.90 Å². The third-order valence-corrected chi connectivity index (χ3v) is 4.86. The van der Waals surface area contributed by atoms with Crippen LogP contribution < -0.4 is 0 Å². The fourth-order valence-corrected chi connectivity index (χ4v) is 3.57. The van der Waals surface area contributed by atoms with E-state index >= 15 is 0 Å². The van der Waals surface area contributed by atoms with Crippen molar-refractivity contribution in [1.82, 2.24) is 14.8 Å². The maximum Gasteiger partial charge on any atom is 0.229 e. The van der Waals surface area contributed by atoms with Crippen LogP contribution >= 0.6 is 11.3 Å². The minimum absolute atomic E-state index is 0.100. The molecule has 1 aliphatic heterocycles. The molecule has 0 N–H and O–H groups in total. The number of aromatic nitrogens is 1. The van der Waals surface area contributed by atoms with E-state index < -0.39 is 0 Å². The Labute approximate surface area is 137 Å². The first-order valence-corrected chi connectivity index (χ1v) is 8.28. The summed E-state index contributed by atoms with van der Waals surface area (Å²) in [5, 5.41) is 0.871. The third kappa shape index (κ3) is 3.39. The van der Waals surface area contributed by atoms with Gasteiger partial charge in [0.05, 0.1) is 16.8 Å². The van der Waals surface area contributed by atoms with E-state index in [1.165, 1.54) is 4.90 Å². The first-order chi connectivity index (χ1) is 11.0. The van der Waals surface area contributed by atoms with Crippen molar-refractivity contribution >= 4 is 39.3 Å². The lowest BCUT2D eigenvalue weighted by atomic mass is 10.3. The van der Waals surface area contributed by atoms with Crippen molar-refractivity contribution in [3.05, 3.63) is 29.3 Å². The molecule has 6 nitrogen and oxygen atoms in total. The van der Waals surface area contributed by atoms with Crippen LogP contribution in [-0.4, -0.2) is 46.1 Å². The van der Waals surface area contributed by atoms with Gasteiger partial charge in [0.2, 0.25) is 17.7 Å². The topological polar surface area (TPSA) is 70.6 Å². The van der Waals surface area contributed by atoms with Crippen molar-refractivity contribution in [3.8, 4) is 0 Å². The minimum atomic E-state index is -0.184. The predicted octanol–water partition coefficient (Wildman–Crippen LogP) is 1.79. The molecule has 3 amide bonds. The first-order valence-electron chi connectivity index (χ1n) is 7.46. The summed E-state index contributed by atoms with van der Waals surface area (Å²) in [5.41, 5.74) is 0.932. The maximum absolute atomic E-state index is 12.2. The lowest BCUT2D eigenvalue weighted by molar-refractivity contribution is -0.139. The number of hydrogen-bond acceptors (Lipinski definition) is 5. The molecule has 1 aromatic carbocycles. The molecule has 0 unspecified atom stereocenters. The van der Waals surface area contributed by atoms with E-state index in [1.807, 2.05) is 24.3 Å².